The molecule has 2 nitrogen and oxygen atoms in total. The van der Waals surface area contributed by atoms with E-state index in [4.69, 9.17) is 0 Å². The van der Waals surface area contributed by atoms with Gasteiger partial charge < -0.3 is 5.32 Å². The van der Waals surface area contributed by atoms with E-state index in [0.29, 0.717) is 13.0 Å². The number of hydrogen-bond donors (Lipinski definition) is 1. The van der Waals surface area contributed by atoms with Crippen molar-refractivity contribution in [3.05, 3.63) is 0 Å². The molecule has 0 aromatic carbocycles. The maximum atomic E-state index is 12.1. The Hall–Kier alpha value is -0.600. The third kappa shape index (κ3) is 1.40. The Morgan fingerprint density at radius 1 is 1.89 bits per heavy atom. The summed E-state index contributed by atoms with van der Waals surface area (Å²) in [6.45, 7) is 2.43. The molecule has 9 heavy (non-hydrogen) atoms. The summed E-state index contributed by atoms with van der Waals surface area (Å²) in [5.74, 6) is -0.463. The summed E-state index contributed by atoms with van der Waals surface area (Å²) in [5, 5.41) is 2.56. The van der Waals surface area contributed by atoms with E-state index in [9.17, 15) is 9.18 Å². The molecule has 1 amide bonds. The lowest BCUT2D eigenvalue weighted by atomic mass is 10.4. The minimum absolute atomic E-state index is 0.134. The lowest BCUT2D eigenvalue weighted by molar-refractivity contribution is -0.122. The fourth-order valence-electron chi connectivity index (χ4n) is 0.741. The molecule has 2 atom stereocenters. The summed E-state index contributed by atoms with van der Waals surface area (Å²) in [7, 11) is 0. The molecule has 0 aromatic heterocycles. The second-order valence-corrected chi connectivity index (χ2v) is 2.25. The molecular formula is C6H10FNO. The molecule has 52 valence electrons. The SMILES string of the molecule is CCNC(=O)C1C[C@@H]1F. The van der Waals surface area contributed by atoms with Crippen molar-refractivity contribution in [2.24, 2.45) is 5.92 Å². The number of alkyl halides is 1. The first-order chi connectivity index (χ1) is 4.25. The molecule has 0 bridgehead atoms. The van der Waals surface area contributed by atoms with Crippen LogP contribution in [0.5, 0.6) is 0 Å². The maximum absolute atomic E-state index is 12.1. The molecule has 1 aliphatic carbocycles. The molecule has 0 aromatic rings. The lowest BCUT2D eigenvalue weighted by Gasteiger charge is -1.96. The van der Waals surface area contributed by atoms with E-state index in [1.807, 2.05) is 6.92 Å². The van der Waals surface area contributed by atoms with Crippen molar-refractivity contribution in [2.75, 3.05) is 6.54 Å². The first kappa shape index (κ1) is 6.52. The minimum atomic E-state index is -0.864. The lowest BCUT2D eigenvalue weighted by Crippen LogP contribution is -2.24. The fraction of sp³-hybridized carbons (Fsp3) is 0.833. The Balaban J connectivity index is 2.20. The highest BCUT2D eigenvalue weighted by molar-refractivity contribution is 5.81. The van der Waals surface area contributed by atoms with Gasteiger partial charge >= 0.3 is 0 Å². The summed E-state index contributed by atoms with van der Waals surface area (Å²) >= 11 is 0. The number of nitrogens with one attached hydrogen (secondary N) is 1. The second-order valence-electron chi connectivity index (χ2n) is 2.25. The fourth-order valence-corrected chi connectivity index (χ4v) is 0.741. The molecule has 0 heterocycles. The number of carbonyl (C=O) groups excluding carboxylic acids is 1. The number of halogens is 1. The van der Waals surface area contributed by atoms with E-state index in [1.165, 1.54) is 0 Å². The zero-order chi connectivity index (χ0) is 6.85. The van der Waals surface area contributed by atoms with Crippen molar-refractivity contribution in [3.8, 4) is 0 Å². The summed E-state index contributed by atoms with van der Waals surface area (Å²) in [5.41, 5.74) is 0. The van der Waals surface area contributed by atoms with E-state index in [0.717, 1.165) is 0 Å². The van der Waals surface area contributed by atoms with Gasteiger partial charge in [0.05, 0.1) is 5.92 Å². The Morgan fingerprint density at radius 3 is 2.78 bits per heavy atom. The average Bonchev–Trinajstić information content (AvgIpc) is 2.47. The molecule has 1 rings (SSSR count). The summed E-state index contributed by atoms with van der Waals surface area (Å²) in [6, 6.07) is 0. The van der Waals surface area contributed by atoms with E-state index in [1.54, 1.807) is 0 Å². The monoisotopic (exact) mass is 131 g/mol. The molecule has 3 heteroatoms. The Kier molecular flexibility index (Phi) is 1.69. The molecule has 0 saturated heterocycles. The smallest absolute Gasteiger partial charge is 0.226 e. The Bertz CT molecular complexity index is 126. The van der Waals surface area contributed by atoms with Gasteiger partial charge in [-0.2, -0.15) is 0 Å². The quantitative estimate of drug-likeness (QED) is 0.580. The van der Waals surface area contributed by atoms with Crippen LogP contribution < -0.4 is 5.32 Å². The van der Waals surface area contributed by atoms with Gasteiger partial charge in [-0.3, -0.25) is 4.79 Å². The van der Waals surface area contributed by atoms with Gasteiger partial charge in [-0.05, 0) is 13.3 Å². The first-order valence-corrected chi connectivity index (χ1v) is 3.17. The van der Waals surface area contributed by atoms with Crippen LogP contribution in [0.4, 0.5) is 4.39 Å². The van der Waals surface area contributed by atoms with Crippen LogP contribution >= 0.6 is 0 Å². The number of rotatable bonds is 2. The molecular weight excluding hydrogens is 121 g/mol. The normalized spacial score (nSPS) is 31.8. The van der Waals surface area contributed by atoms with Crippen LogP contribution in [-0.2, 0) is 4.79 Å². The van der Waals surface area contributed by atoms with Crippen LogP contribution in [0, 0.1) is 5.92 Å². The minimum Gasteiger partial charge on any atom is -0.356 e. The van der Waals surface area contributed by atoms with Crippen molar-refractivity contribution in [2.45, 2.75) is 19.5 Å². The van der Waals surface area contributed by atoms with E-state index < -0.39 is 6.17 Å². The zero-order valence-corrected chi connectivity index (χ0v) is 5.36. The van der Waals surface area contributed by atoms with Gasteiger partial charge in [0.1, 0.15) is 6.17 Å². The van der Waals surface area contributed by atoms with Gasteiger partial charge in [0.15, 0.2) is 0 Å². The predicted octanol–water partition coefficient (Wildman–Crippen LogP) is 0.480. The molecule has 1 fully saturated rings. The van der Waals surface area contributed by atoms with Gasteiger partial charge in [0.2, 0.25) is 5.91 Å². The van der Waals surface area contributed by atoms with Crippen LogP contribution in [0.15, 0.2) is 0 Å². The number of amides is 1. The standard InChI is InChI=1S/C6H10FNO/c1-2-8-6(9)4-3-5(4)7/h4-5H,2-3H2,1H3,(H,8,9)/t4?,5-/m0/s1. The van der Waals surface area contributed by atoms with Gasteiger partial charge in [0, 0.05) is 6.54 Å². The van der Waals surface area contributed by atoms with Crippen LogP contribution in [-0.4, -0.2) is 18.6 Å². The van der Waals surface area contributed by atoms with E-state index >= 15 is 0 Å². The maximum Gasteiger partial charge on any atom is 0.226 e. The largest absolute Gasteiger partial charge is 0.356 e. The summed E-state index contributed by atoms with van der Waals surface area (Å²) in [4.78, 5) is 10.7. The van der Waals surface area contributed by atoms with Crippen molar-refractivity contribution in [1.82, 2.24) is 5.32 Å². The highest BCUT2D eigenvalue weighted by Crippen LogP contribution is 2.33. The van der Waals surface area contributed by atoms with Crippen LogP contribution in [0.1, 0.15) is 13.3 Å². The number of carbonyl (C=O) groups is 1. The molecule has 1 N–H and O–H groups in total. The van der Waals surface area contributed by atoms with Gasteiger partial charge in [-0.15, -0.1) is 0 Å². The molecule has 1 aliphatic rings. The Labute approximate surface area is 53.4 Å². The van der Waals surface area contributed by atoms with Crippen molar-refractivity contribution < 1.29 is 9.18 Å². The van der Waals surface area contributed by atoms with Crippen LogP contribution in [0.3, 0.4) is 0 Å². The Morgan fingerprint density at radius 2 is 2.44 bits per heavy atom. The first-order valence-electron chi connectivity index (χ1n) is 3.17. The van der Waals surface area contributed by atoms with Crippen LogP contribution in [0.2, 0.25) is 0 Å². The highest BCUT2D eigenvalue weighted by atomic mass is 19.1. The van der Waals surface area contributed by atoms with Crippen molar-refractivity contribution in [3.63, 3.8) is 0 Å². The summed E-state index contributed by atoms with van der Waals surface area (Å²) in [6.07, 6.45) is -0.442. The van der Waals surface area contributed by atoms with E-state index in [-0.39, 0.29) is 11.8 Å². The molecule has 0 spiro atoms. The predicted molar refractivity (Wildman–Crippen MR) is 31.7 cm³/mol. The van der Waals surface area contributed by atoms with Gasteiger partial charge in [0.25, 0.3) is 0 Å². The van der Waals surface area contributed by atoms with Crippen molar-refractivity contribution >= 4 is 5.91 Å². The molecule has 0 aliphatic heterocycles. The van der Waals surface area contributed by atoms with Crippen LogP contribution in [0.25, 0.3) is 0 Å². The summed E-state index contributed by atoms with van der Waals surface area (Å²) < 4.78 is 12.1. The van der Waals surface area contributed by atoms with Gasteiger partial charge in [-0.1, -0.05) is 0 Å². The average molecular weight is 131 g/mol. The second kappa shape index (κ2) is 2.33. The third-order valence-electron chi connectivity index (χ3n) is 1.40. The van der Waals surface area contributed by atoms with Crippen molar-refractivity contribution in [1.29, 1.82) is 0 Å². The highest BCUT2D eigenvalue weighted by Gasteiger charge is 2.43. The molecule has 0 radical (unpaired) electrons. The number of hydrogen-bond acceptors (Lipinski definition) is 1. The van der Waals surface area contributed by atoms with Gasteiger partial charge in [-0.25, -0.2) is 4.39 Å². The van der Waals surface area contributed by atoms with E-state index in [2.05, 4.69) is 5.32 Å². The topological polar surface area (TPSA) is 29.1 Å². The third-order valence-corrected chi connectivity index (χ3v) is 1.40. The molecule has 1 saturated carbocycles. The zero-order valence-electron chi connectivity index (χ0n) is 5.36. The molecule has 1 unspecified atom stereocenters.